The van der Waals surface area contributed by atoms with Crippen molar-refractivity contribution in [3.63, 3.8) is 0 Å². The first kappa shape index (κ1) is 14.5. The predicted octanol–water partition coefficient (Wildman–Crippen LogP) is 1.74. The zero-order valence-electron chi connectivity index (χ0n) is 11.6. The number of nitrogens with one attached hydrogen (secondary N) is 2. The molecule has 1 aliphatic rings. The first-order valence-electron chi connectivity index (χ1n) is 6.93. The molecule has 108 valence electrons. The Morgan fingerprint density at radius 1 is 1.25 bits per heavy atom. The van der Waals surface area contributed by atoms with Gasteiger partial charge in [0.15, 0.2) is 0 Å². The zero-order chi connectivity index (χ0) is 14.6. The lowest BCUT2D eigenvalue weighted by Gasteiger charge is -2.11. The Morgan fingerprint density at radius 2 is 1.90 bits per heavy atom. The summed E-state index contributed by atoms with van der Waals surface area (Å²) in [6, 6.07) is 7.12. The summed E-state index contributed by atoms with van der Waals surface area (Å²) in [7, 11) is 0. The summed E-state index contributed by atoms with van der Waals surface area (Å²) in [5.74, 6) is -0.807. The minimum absolute atomic E-state index is 0.0435. The van der Waals surface area contributed by atoms with Gasteiger partial charge in [0, 0.05) is 18.7 Å². The first-order chi connectivity index (χ1) is 9.58. The Labute approximate surface area is 118 Å². The highest BCUT2D eigenvalue weighted by molar-refractivity contribution is 5.91. The second kappa shape index (κ2) is 6.05. The molecule has 1 amide bonds. The molecule has 1 aromatic rings. The largest absolute Gasteiger partial charge is 0.481 e. The van der Waals surface area contributed by atoms with Crippen LogP contribution in [0.1, 0.15) is 31.7 Å². The highest BCUT2D eigenvalue weighted by Crippen LogP contribution is 2.48. The third-order valence-electron chi connectivity index (χ3n) is 3.66. The number of benzene rings is 1. The van der Waals surface area contributed by atoms with E-state index in [9.17, 15) is 14.7 Å². The number of carbonyl (C=O) groups is 2. The van der Waals surface area contributed by atoms with E-state index in [0.717, 1.165) is 12.1 Å². The van der Waals surface area contributed by atoms with Crippen molar-refractivity contribution >= 4 is 17.6 Å². The highest BCUT2D eigenvalue weighted by Gasteiger charge is 2.51. The van der Waals surface area contributed by atoms with Crippen LogP contribution in [-0.2, 0) is 15.0 Å². The fraction of sp³-hybridized carbons (Fsp3) is 0.467. The summed E-state index contributed by atoms with van der Waals surface area (Å²) >= 11 is 0. The van der Waals surface area contributed by atoms with E-state index >= 15 is 0 Å². The van der Waals surface area contributed by atoms with Crippen molar-refractivity contribution in [3.8, 4) is 0 Å². The van der Waals surface area contributed by atoms with Crippen LogP contribution in [-0.4, -0.2) is 30.1 Å². The van der Waals surface area contributed by atoms with Gasteiger partial charge in [-0.3, -0.25) is 9.59 Å². The van der Waals surface area contributed by atoms with E-state index in [-0.39, 0.29) is 5.91 Å². The van der Waals surface area contributed by atoms with E-state index in [1.54, 1.807) is 24.3 Å². The van der Waals surface area contributed by atoms with Gasteiger partial charge in [0.25, 0.3) is 0 Å². The summed E-state index contributed by atoms with van der Waals surface area (Å²) in [5, 5.41) is 15.1. The highest BCUT2D eigenvalue weighted by atomic mass is 16.4. The van der Waals surface area contributed by atoms with E-state index in [0.29, 0.717) is 31.5 Å². The van der Waals surface area contributed by atoms with Crippen LogP contribution in [0.25, 0.3) is 0 Å². The normalized spacial score (nSPS) is 15.7. The standard InChI is InChI=1S/C15H20N2O3/c1-2-16-10-7-13(18)17-12-5-3-11(4-6-12)15(8-9-15)14(19)20/h3-6,16H,2,7-10H2,1H3,(H,17,18)(H,19,20). The minimum atomic E-state index is -0.764. The molecule has 20 heavy (non-hydrogen) atoms. The van der Waals surface area contributed by atoms with E-state index < -0.39 is 11.4 Å². The Hall–Kier alpha value is -1.88. The first-order valence-corrected chi connectivity index (χ1v) is 6.93. The van der Waals surface area contributed by atoms with Crippen molar-refractivity contribution in [1.82, 2.24) is 5.32 Å². The van der Waals surface area contributed by atoms with Crippen molar-refractivity contribution in [2.24, 2.45) is 0 Å². The Balaban J connectivity index is 1.92. The lowest BCUT2D eigenvalue weighted by Crippen LogP contribution is -2.21. The maximum absolute atomic E-state index is 11.6. The van der Waals surface area contributed by atoms with E-state index in [1.807, 2.05) is 6.92 Å². The molecule has 0 radical (unpaired) electrons. The SMILES string of the molecule is CCNCCC(=O)Nc1ccc(C2(C(=O)O)CC2)cc1. The molecule has 1 saturated carbocycles. The molecular weight excluding hydrogens is 256 g/mol. The molecule has 2 rings (SSSR count). The average molecular weight is 276 g/mol. The molecule has 0 aliphatic heterocycles. The number of anilines is 1. The Kier molecular flexibility index (Phi) is 4.39. The predicted molar refractivity (Wildman–Crippen MR) is 76.8 cm³/mol. The van der Waals surface area contributed by atoms with Gasteiger partial charge in [-0.1, -0.05) is 19.1 Å². The molecule has 1 fully saturated rings. The molecule has 0 aromatic heterocycles. The number of carboxylic acid groups (broad SMARTS) is 1. The lowest BCUT2D eigenvalue weighted by molar-refractivity contribution is -0.140. The van der Waals surface area contributed by atoms with Crippen molar-refractivity contribution in [2.45, 2.75) is 31.6 Å². The molecule has 1 aliphatic carbocycles. The summed E-state index contributed by atoms with van der Waals surface area (Å²) in [6.07, 6.45) is 1.81. The fourth-order valence-corrected chi connectivity index (χ4v) is 2.23. The van der Waals surface area contributed by atoms with Gasteiger partial charge in [0.05, 0.1) is 5.41 Å². The van der Waals surface area contributed by atoms with Gasteiger partial charge in [-0.25, -0.2) is 0 Å². The molecule has 0 bridgehead atoms. The molecule has 0 saturated heterocycles. The molecule has 0 spiro atoms. The number of carboxylic acids is 1. The van der Waals surface area contributed by atoms with Gasteiger partial charge >= 0.3 is 5.97 Å². The maximum atomic E-state index is 11.6. The average Bonchev–Trinajstić information content (AvgIpc) is 3.21. The fourth-order valence-electron chi connectivity index (χ4n) is 2.23. The Morgan fingerprint density at radius 3 is 2.40 bits per heavy atom. The second-order valence-electron chi connectivity index (χ2n) is 5.12. The van der Waals surface area contributed by atoms with Crippen molar-refractivity contribution in [2.75, 3.05) is 18.4 Å². The van der Waals surface area contributed by atoms with Crippen LogP contribution in [0, 0.1) is 0 Å². The molecular formula is C15H20N2O3. The van der Waals surface area contributed by atoms with E-state index in [2.05, 4.69) is 10.6 Å². The minimum Gasteiger partial charge on any atom is -0.481 e. The van der Waals surface area contributed by atoms with Gasteiger partial charge in [-0.15, -0.1) is 0 Å². The maximum Gasteiger partial charge on any atom is 0.314 e. The quantitative estimate of drug-likeness (QED) is 0.663. The molecule has 0 atom stereocenters. The van der Waals surface area contributed by atoms with Gasteiger partial charge in [0.1, 0.15) is 0 Å². The molecule has 5 heteroatoms. The third kappa shape index (κ3) is 3.17. The van der Waals surface area contributed by atoms with Crippen LogP contribution >= 0.6 is 0 Å². The van der Waals surface area contributed by atoms with Gasteiger partial charge in [-0.2, -0.15) is 0 Å². The number of hydrogen-bond donors (Lipinski definition) is 3. The molecule has 3 N–H and O–H groups in total. The van der Waals surface area contributed by atoms with Gasteiger partial charge in [-0.05, 0) is 37.1 Å². The topological polar surface area (TPSA) is 78.4 Å². The number of hydrogen-bond acceptors (Lipinski definition) is 3. The number of rotatable bonds is 7. The van der Waals surface area contributed by atoms with E-state index in [4.69, 9.17) is 0 Å². The number of aliphatic carboxylic acids is 1. The summed E-state index contributed by atoms with van der Waals surface area (Å²) in [6.45, 7) is 3.49. The smallest absolute Gasteiger partial charge is 0.314 e. The van der Waals surface area contributed by atoms with Crippen LogP contribution < -0.4 is 10.6 Å². The van der Waals surface area contributed by atoms with Crippen LogP contribution in [0.5, 0.6) is 0 Å². The summed E-state index contributed by atoms with van der Waals surface area (Å²) < 4.78 is 0. The number of carbonyl (C=O) groups excluding carboxylic acids is 1. The van der Waals surface area contributed by atoms with Crippen LogP contribution in [0.4, 0.5) is 5.69 Å². The van der Waals surface area contributed by atoms with Crippen LogP contribution in [0.15, 0.2) is 24.3 Å². The Bertz CT molecular complexity index is 492. The third-order valence-corrected chi connectivity index (χ3v) is 3.66. The summed E-state index contributed by atoms with van der Waals surface area (Å²) in [5.41, 5.74) is 0.834. The molecule has 1 aromatic carbocycles. The molecule has 0 unspecified atom stereocenters. The molecule has 0 heterocycles. The second-order valence-corrected chi connectivity index (χ2v) is 5.12. The van der Waals surface area contributed by atoms with Gasteiger partial charge in [0.2, 0.25) is 5.91 Å². The summed E-state index contributed by atoms with van der Waals surface area (Å²) in [4.78, 5) is 22.9. The van der Waals surface area contributed by atoms with E-state index in [1.165, 1.54) is 0 Å². The monoisotopic (exact) mass is 276 g/mol. The van der Waals surface area contributed by atoms with Crippen LogP contribution in [0.2, 0.25) is 0 Å². The zero-order valence-corrected chi connectivity index (χ0v) is 11.6. The molecule has 5 nitrogen and oxygen atoms in total. The number of amides is 1. The van der Waals surface area contributed by atoms with Crippen molar-refractivity contribution in [1.29, 1.82) is 0 Å². The van der Waals surface area contributed by atoms with Crippen LogP contribution in [0.3, 0.4) is 0 Å². The van der Waals surface area contributed by atoms with Crippen molar-refractivity contribution < 1.29 is 14.7 Å². The lowest BCUT2D eigenvalue weighted by atomic mass is 9.96. The van der Waals surface area contributed by atoms with Gasteiger partial charge < -0.3 is 15.7 Å². The van der Waals surface area contributed by atoms with Crippen molar-refractivity contribution in [3.05, 3.63) is 29.8 Å².